The van der Waals surface area contributed by atoms with Gasteiger partial charge in [0.05, 0.1) is 21.3 Å². The molecule has 10 nitrogen and oxygen atoms in total. The number of halogens is 1. The number of benzene rings is 2. The Morgan fingerprint density at radius 3 is 2.16 bits per heavy atom. The number of nitrogens with two attached hydrogens (primary N) is 1. The zero-order valence-electron chi connectivity index (χ0n) is 19.0. The van der Waals surface area contributed by atoms with E-state index in [9.17, 15) is 30.0 Å². The summed E-state index contributed by atoms with van der Waals surface area (Å²) >= 11 is 5.87. The van der Waals surface area contributed by atoms with Crippen molar-refractivity contribution in [2.24, 2.45) is 5.14 Å². The maximum atomic E-state index is 13.4. The Balaban J connectivity index is 1.70. The molecule has 1 atom stereocenters. The molecule has 4 rings (SSSR count). The Morgan fingerprint density at radius 1 is 0.973 bits per heavy atom. The fraction of sp³-hybridized carbons (Fsp3) is 0.174. The van der Waals surface area contributed by atoms with Crippen LogP contribution in [-0.2, 0) is 34.5 Å². The van der Waals surface area contributed by atoms with Crippen LogP contribution in [0.2, 0.25) is 5.02 Å². The van der Waals surface area contributed by atoms with Crippen LogP contribution >= 0.6 is 11.6 Å². The highest BCUT2D eigenvalue weighted by atomic mass is 35.5. The van der Waals surface area contributed by atoms with Crippen LogP contribution in [-0.4, -0.2) is 48.7 Å². The van der Waals surface area contributed by atoms with Gasteiger partial charge in [0.1, 0.15) is 16.4 Å². The average Bonchev–Trinajstić information content (AvgIpc) is 3.43. The number of rotatable bonds is 7. The molecule has 1 aliphatic rings. The Kier molecular flexibility index (Phi) is 7.36. The Bertz CT molecular complexity index is 1690. The van der Waals surface area contributed by atoms with E-state index in [0.29, 0.717) is 10.6 Å². The van der Waals surface area contributed by atoms with Crippen molar-refractivity contribution in [2.45, 2.75) is 22.3 Å². The van der Waals surface area contributed by atoms with Crippen LogP contribution in [0, 0.1) is 0 Å². The van der Waals surface area contributed by atoms with Crippen LogP contribution < -0.4 is 10.5 Å². The van der Waals surface area contributed by atoms with Crippen molar-refractivity contribution in [3.05, 3.63) is 76.4 Å². The largest absolute Gasteiger partial charge is 0.457 e. The lowest BCUT2D eigenvalue weighted by molar-refractivity contribution is -0.117. The van der Waals surface area contributed by atoms with Crippen molar-refractivity contribution < 1.29 is 34.5 Å². The maximum absolute atomic E-state index is 13.4. The first-order valence-corrected chi connectivity index (χ1v) is 15.9. The molecule has 0 saturated carbocycles. The molecule has 1 unspecified atom stereocenters. The third-order valence-electron chi connectivity index (χ3n) is 5.57. The lowest BCUT2D eigenvalue weighted by Crippen LogP contribution is -2.38. The molecular weight excluding hydrogens is 564 g/mol. The van der Waals surface area contributed by atoms with Crippen LogP contribution in [0.5, 0.6) is 0 Å². The lowest BCUT2D eigenvalue weighted by Gasteiger charge is -2.14. The number of furan rings is 1. The van der Waals surface area contributed by atoms with Gasteiger partial charge in [-0.05, 0) is 67.1 Å². The Labute approximate surface area is 219 Å². The minimum atomic E-state index is -4.36. The molecular formula is C23H21ClN2O8S3. The van der Waals surface area contributed by atoms with Crippen LogP contribution in [0.25, 0.3) is 17.4 Å². The van der Waals surface area contributed by atoms with E-state index in [0.717, 1.165) is 6.08 Å². The second-order valence-corrected chi connectivity index (χ2v) is 14.5. The van der Waals surface area contributed by atoms with Crippen LogP contribution in [0.3, 0.4) is 0 Å². The summed E-state index contributed by atoms with van der Waals surface area (Å²) < 4.78 is 79.0. The number of hydrogen-bond donors (Lipinski definition) is 2. The van der Waals surface area contributed by atoms with Crippen molar-refractivity contribution >= 4 is 53.3 Å². The highest BCUT2D eigenvalue weighted by molar-refractivity contribution is 7.96. The van der Waals surface area contributed by atoms with Gasteiger partial charge >= 0.3 is 0 Å². The van der Waals surface area contributed by atoms with Gasteiger partial charge in [-0.15, -0.1) is 0 Å². The fourth-order valence-electron chi connectivity index (χ4n) is 3.69. The minimum Gasteiger partial charge on any atom is -0.457 e. The van der Waals surface area contributed by atoms with Crippen LogP contribution in [0.4, 0.5) is 0 Å². The molecule has 0 aliphatic carbocycles. The van der Waals surface area contributed by atoms with E-state index in [2.05, 4.69) is 5.32 Å². The van der Waals surface area contributed by atoms with Crippen LogP contribution in [0.1, 0.15) is 12.2 Å². The topological polar surface area (TPSA) is 171 Å². The van der Waals surface area contributed by atoms with Crippen molar-refractivity contribution in [1.82, 2.24) is 5.32 Å². The third kappa shape index (κ3) is 6.30. The maximum Gasteiger partial charge on any atom is 0.263 e. The van der Waals surface area contributed by atoms with Gasteiger partial charge in [-0.1, -0.05) is 11.6 Å². The second-order valence-electron chi connectivity index (χ2n) is 8.31. The van der Waals surface area contributed by atoms with Gasteiger partial charge in [0.25, 0.3) is 5.91 Å². The molecule has 14 heteroatoms. The van der Waals surface area contributed by atoms with Crippen molar-refractivity contribution in [2.75, 3.05) is 11.5 Å². The number of sulfone groups is 2. The quantitative estimate of drug-likeness (QED) is 0.398. The molecule has 0 spiro atoms. The van der Waals surface area contributed by atoms with Crippen molar-refractivity contribution in [1.29, 1.82) is 0 Å². The Hall–Kier alpha value is -2.97. The van der Waals surface area contributed by atoms with Crippen molar-refractivity contribution in [3.63, 3.8) is 0 Å². The molecule has 2 heterocycles. The first kappa shape index (κ1) is 27.1. The van der Waals surface area contributed by atoms with Gasteiger partial charge < -0.3 is 9.73 Å². The predicted octanol–water partition coefficient (Wildman–Crippen LogP) is 2.37. The van der Waals surface area contributed by atoms with Crippen molar-refractivity contribution in [3.8, 4) is 11.3 Å². The van der Waals surface area contributed by atoms with Gasteiger partial charge in [0, 0.05) is 22.7 Å². The smallest absolute Gasteiger partial charge is 0.263 e. The first-order valence-electron chi connectivity index (χ1n) is 10.7. The molecule has 3 N–H and O–H groups in total. The number of carbonyl (C=O) groups is 1. The van der Waals surface area contributed by atoms with Gasteiger partial charge in [0.2, 0.25) is 19.9 Å². The van der Waals surface area contributed by atoms with E-state index < -0.39 is 46.6 Å². The molecule has 2 aromatic carbocycles. The molecule has 1 amide bonds. The second kappa shape index (κ2) is 10.1. The summed E-state index contributed by atoms with van der Waals surface area (Å²) in [5.74, 6) is -1.07. The summed E-state index contributed by atoms with van der Waals surface area (Å²) in [5.41, 5.74) is 0.481. The number of carbonyl (C=O) groups excluding carboxylic acids is 1. The van der Waals surface area contributed by atoms with E-state index in [1.54, 1.807) is 0 Å². The monoisotopic (exact) mass is 584 g/mol. The summed E-state index contributed by atoms with van der Waals surface area (Å²) in [5, 5.41) is 7.91. The highest BCUT2D eigenvalue weighted by Crippen LogP contribution is 2.28. The average molecular weight is 585 g/mol. The predicted molar refractivity (Wildman–Crippen MR) is 137 cm³/mol. The van der Waals surface area contributed by atoms with Gasteiger partial charge in [-0.2, -0.15) is 0 Å². The van der Waals surface area contributed by atoms with Crippen LogP contribution in [0.15, 0.2) is 79.8 Å². The molecule has 0 radical (unpaired) electrons. The molecule has 1 fully saturated rings. The molecule has 0 bridgehead atoms. The zero-order chi connectivity index (χ0) is 27.0. The molecule has 1 aromatic heterocycles. The first-order chi connectivity index (χ1) is 17.2. The molecule has 37 heavy (non-hydrogen) atoms. The van der Waals surface area contributed by atoms with E-state index in [-0.39, 0.29) is 39.2 Å². The summed E-state index contributed by atoms with van der Waals surface area (Å²) in [7, 11) is -11.6. The minimum absolute atomic E-state index is 0.0206. The molecule has 3 aromatic rings. The standard InChI is InChI=1S/C23H21ClN2O8S3/c24-16-3-8-19(9-4-16)36(30,31)22(23(27)26-17-11-12-35(28,29)14-17)13-18-5-10-21(34-18)15-1-6-20(7-2-15)37(25,32)33/h1-10,13,17H,11-12,14H2,(H,26,27)(H2,25,32,33)/b22-13+. The summed E-state index contributed by atoms with van der Waals surface area (Å²) in [6.45, 7) is 0. The lowest BCUT2D eigenvalue weighted by atomic mass is 10.2. The number of nitrogens with one attached hydrogen (secondary N) is 1. The zero-order valence-corrected chi connectivity index (χ0v) is 22.2. The number of primary sulfonamides is 1. The van der Waals surface area contributed by atoms with Gasteiger partial charge in [-0.25, -0.2) is 30.4 Å². The summed E-state index contributed by atoms with van der Waals surface area (Å²) in [6, 6.07) is 13.0. The molecule has 1 saturated heterocycles. The highest BCUT2D eigenvalue weighted by Gasteiger charge is 2.33. The normalized spacial score (nSPS) is 18.0. The summed E-state index contributed by atoms with van der Waals surface area (Å²) in [4.78, 5) is 12.2. The Morgan fingerprint density at radius 2 is 1.59 bits per heavy atom. The number of hydrogen-bond acceptors (Lipinski definition) is 8. The fourth-order valence-corrected chi connectivity index (χ4v) is 7.33. The molecule has 1 aliphatic heterocycles. The van der Waals surface area contributed by atoms with E-state index in [4.69, 9.17) is 21.2 Å². The number of amides is 1. The van der Waals surface area contributed by atoms with E-state index in [1.165, 1.54) is 60.7 Å². The number of sulfonamides is 1. The summed E-state index contributed by atoms with van der Waals surface area (Å²) in [6.07, 6.45) is 1.21. The van der Waals surface area contributed by atoms with E-state index in [1.807, 2.05) is 0 Å². The van der Waals surface area contributed by atoms with Gasteiger partial charge in [0.15, 0.2) is 9.84 Å². The SMILES string of the molecule is NS(=O)(=O)c1ccc(-c2ccc(/C=C(\C(=O)NC3CCS(=O)(=O)C3)S(=O)(=O)c3ccc(Cl)cc3)o2)cc1. The third-order valence-corrected chi connectivity index (χ3v) is 10.3. The van der Waals surface area contributed by atoms with E-state index >= 15 is 0 Å². The van der Waals surface area contributed by atoms with Gasteiger partial charge in [-0.3, -0.25) is 4.79 Å². The molecule has 196 valence electrons.